The lowest BCUT2D eigenvalue weighted by Gasteiger charge is -2.39. The smallest absolute Gasteiger partial charge is 0.225 e. The van der Waals surface area contributed by atoms with E-state index in [0.717, 1.165) is 64.4 Å². The lowest BCUT2D eigenvalue weighted by Crippen LogP contribution is -2.56. The van der Waals surface area contributed by atoms with Crippen molar-refractivity contribution in [2.75, 3.05) is 64.4 Å². The van der Waals surface area contributed by atoms with Gasteiger partial charge in [-0.05, 0) is 19.9 Å². The normalized spacial score (nSPS) is 23.8. The number of ether oxygens (including phenoxy) is 1. The van der Waals surface area contributed by atoms with E-state index < -0.39 is 0 Å². The van der Waals surface area contributed by atoms with Gasteiger partial charge in [0.25, 0.3) is 0 Å². The third-order valence-corrected chi connectivity index (χ3v) is 5.17. The number of hydrogen-bond acceptors (Lipinski definition) is 6. The summed E-state index contributed by atoms with van der Waals surface area (Å²) in [6.45, 7) is 11.7. The summed E-state index contributed by atoms with van der Waals surface area (Å²) >= 11 is 0. The van der Waals surface area contributed by atoms with Crippen molar-refractivity contribution in [3.8, 4) is 0 Å². The van der Waals surface area contributed by atoms with E-state index in [0.29, 0.717) is 12.1 Å². The maximum atomic E-state index is 5.54. The Bertz CT molecular complexity index is 574. The first-order valence-corrected chi connectivity index (χ1v) is 9.50. The van der Waals surface area contributed by atoms with Gasteiger partial charge in [-0.25, -0.2) is 9.97 Å². The maximum Gasteiger partial charge on any atom is 0.225 e. The van der Waals surface area contributed by atoms with Gasteiger partial charge in [-0.2, -0.15) is 0 Å². The second-order valence-electron chi connectivity index (χ2n) is 6.96. The fourth-order valence-corrected chi connectivity index (χ4v) is 3.66. The van der Waals surface area contributed by atoms with Crippen LogP contribution in [0, 0.1) is 0 Å². The highest BCUT2D eigenvalue weighted by Crippen LogP contribution is 2.11. The largest absolute Gasteiger partial charge is 0.379 e. The Morgan fingerprint density at radius 1 is 1.27 bits per heavy atom. The predicted molar refractivity (Wildman–Crippen MR) is 104 cm³/mol. The van der Waals surface area contributed by atoms with Crippen molar-refractivity contribution in [3.63, 3.8) is 0 Å². The zero-order valence-electron chi connectivity index (χ0n) is 16.1. The summed E-state index contributed by atoms with van der Waals surface area (Å²) in [6, 6.07) is 2.77. The van der Waals surface area contributed by atoms with Crippen LogP contribution in [0.25, 0.3) is 0 Å². The molecule has 1 aromatic heterocycles. The van der Waals surface area contributed by atoms with Gasteiger partial charge in [-0.1, -0.05) is 0 Å². The fraction of sp³-hybridized carbons (Fsp3) is 0.722. The van der Waals surface area contributed by atoms with Crippen LogP contribution in [0.15, 0.2) is 23.5 Å². The average Bonchev–Trinajstić information content (AvgIpc) is 2.70. The van der Waals surface area contributed by atoms with Gasteiger partial charge < -0.3 is 19.9 Å². The minimum Gasteiger partial charge on any atom is -0.379 e. The molecule has 2 aliphatic heterocycles. The zero-order chi connectivity index (χ0) is 18.4. The van der Waals surface area contributed by atoms with Crippen molar-refractivity contribution in [2.24, 2.45) is 4.99 Å². The van der Waals surface area contributed by atoms with Crippen molar-refractivity contribution in [3.05, 3.63) is 18.5 Å². The molecule has 2 atom stereocenters. The molecule has 1 N–H and O–H groups in total. The van der Waals surface area contributed by atoms with Crippen molar-refractivity contribution in [1.29, 1.82) is 0 Å². The van der Waals surface area contributed by atoms with Gasteiger partial charge in [0.05, 0.1) is 13.2 Å². The zero-order valence-corrected chi connectivity index (χ0v) is 16.1. The molecule has 144 valence electrons. The summed E-state index contributed by atoms with van der Waals surface area (Å²) < 4.78 is 5.54. The second kappa shape index (κ2) is 9.14. The number of morpholine rings is 1. The Hall–Kier alpha value is -1.93. The van der Waals surface area contributed by atoms with Gasteiger partial charge in [-0.3, -0.25) is 9.89 Å². The molecule has 0 aliphatic carbocycles. The Balaban J connectivity index is 1.47. The SMILES string of the molecule is CN=C(NCC(C)N1CCOCC1C)N1CCN(c2ncccn2)CC1. The van der Waals surface area contributed by atoms with E-state index in [2.05, 4.69) is 48.8 Å². The molecular weight excluding hydrogens is 330 g/mol. The minimum atomic E-state index is 0.449. The number of nitrogens with zero attached hydrogens (tertiary/aromatic N) is 6. The van der Waals surface area contributed by atoms with Crippen molar-refractivity contribution in [1.82, 2.24) is 25.1 Å². The number of anilines is 1. The van der Waals surface area contributed by atoms with Crippen LogP contribution >= 0.6 is 0 Å². The van der Waals surface area contributed by atoms with E-state index >= 15 is 0 Å². The third-order valence-electron chi connectivity index (χ3n) is 5.17. The van der Waals surface area contributed by atoms with Crippen LogP contribution in [-0.2, 0) is 4.74 Å². The molecular formula is C18H31N7O. The highest BCUT2D eigenvalue weighted by atomic mass is 16.5. The summed E-state index contributed by atoms with van der Waals surface area (Å²) in [7, 11) is 1.86. The first-order valence-electron chi connectivity index (χ1n) is 9.50. The molecule has 0 aromatic carbocycles. The molecule has 3 heterocycles. The third kappa shape index (κ3) is 4.62. The molecule has 0 amide bonds. The van der Waals surface area contributed by atoms with Gasteiger partial charge >= 0.3 is 0 Å². The van der Waals surface area contributed by atoms with Crippen LogP contribution < -0.4 is 10.2 Å². The lowest BCUT2D eigenvalue weighted by atomic mass is 10.2. The Labute approximate surface area is 156 Å². The minimum absolute atomic E-state index is 0.449. The molecule has 0 spiro atoms. The maximum absolute atomic E-state index is 5.54. The first kappa shape index (κ1) is 18.8. The van der Waals surface area contributed by atoms with Crippen molar-refractivity contribution >= 4 is 11.9 Å². The van der Waals surface area contributed by atoms with E-state index in [1.54, 1.807) is 12.4 Å². The number of aromatic nitrogens is 2. The summed E-state index contributed by atoms with van der Waals surface area (Å²) in [5.74, 6) is 1.79. The van der Waals surface area contributed by atoms with Crippen LogP contribution in [0.2, 0.25) is 0 Å². The van der Waals surface area contributed by atoms with Crippen LogP contribution in [0.5, 0.6) is 0 Å². The molecule has 2 unspecified atom stereocenters. The van der Waals surface area contributed by atoms with Crippen LogP contribution in [0.3, 0.4) is 0 Å². The number of nitrogens with one attached hydrogen (secondary N) is 1. The Kier molecular flexibility index (Phi) is 6.62. The summed E-state index contributed by atoms with van der Waals surface area (Å²) in [4.78, 5) is 20.2. The molecule has 2 fully saturated rings. The quantitative estimate of drug-likeness (QED) is 0.610. The fourth-order valence-electron chi connectivity index (χ4n) is 3.66. The van der Waals surface area contributed by atoms with E-state index in [9.17, 15) is 0 Å². The summed E-state index contributed by atoms with van der Waals surface area (Å²) in [5, 5.41) is 3.56. The summed E-state index contributed by atoms with van der Waals surface area (Å²) in [5.41, 5.74) is 0. The molecule has 2 saturated heterocycles. The van der Waals surface area contributed by atoms with Gasteiger partial charge in [0.2, 0.25) is 5.95 Å². The van der Waals surface area contributed by atoms with Crippen LogP contribution in [0.1, 0.15) is 13.8 Å². The topological polar surface area (TPSA) is 69.1 Å². The number of guanidine groups is 1. The predicted octanol–water partition coefficient (Wildman–Crippen LogP) is 0.283. The Morgan fingerprint density at radius 2 is 2.00 bits per heavy atom. The van der Waals surface area contributed by atoms with Gasteiger partial charge in [0.1, 0.15) is 0 Å². The van der Waals surface area contributed by atoms with E-state index in [1.807, 2.05) is 13.1 Å². The second-order valence-corrected chi connectivity index (χ2v) is 6.96. The van der Waals surface area contributed by atoms with Crippen molar-refractivity contribution < 1.29 is 4.74 Å². The molecule has 3 rings (SSSR count). The molecule has 2 aliphatic rings. The highest BCUT2D eigenvalue weighted by molar-refractivity contribution is 5.80. The average molecular weight is 361 g/mol. The molecule has 1 aromatic rings. The molecule has 8 nitrogen and oxygen atoms in total. The molecule has 8 heteroatoms. The monoisotopic (exact) mass is 361 g/mol. The molecule has 0 radical (unpaired) electrons. The van der Waals surface area contributed by atoms with Crippen LogP contribution in [0.4, 0.5) is 5.95 Å². The standard InChI is InChI=1S/C18H31N7O/c1-15(25-11-12-26-14-16(25)2)13-22-17(19-3)23-7-9-24(10-8-23)18-20-5-4-6-21-18/h4-6,15-16H,7-14H2,1-3H3,(H,19,22). The van der Waals surface area contributed by atoms with Gasteiger partial charge in [-0.15, -0.1) is 0 Å². The molecule has 26 heavy (non-hydrogen) atoms. The van der Waals surface area contributed by atoms with Gasteiger partial charge in [0.15, 0.2) is 5.96 Å². The van der Waals surface area contributed by atoms with Gasteiger partial charge in [0, 0.05) is 70.8 Å². The van der Waals surface area contributed by atoms with Crippen LogP contribution in [-0.4, -0.2) is 97.3 Å². The van der Waals surface area contributed by atoms with E-state index in [4.69, 9.17) is 4.74 Å². The van der Waals surface area contributed by atoms with E-state index in [-0.39, 0.29) is 0 Å². The number of rotatable bonds is 4. The summed E-state index contributed by atoms with van der Waals surface area (Å²) in [6.07, 6.45) is 3.59. The molecule has 0 bridgehead atoms. The number of aliphatic imine (C=N–C) groups is 1. The lowest BCUT2D eigenvalue weighted by molar-refractivity contribution is -0.0175. The van der Waals surface area contributed by atoms with E-state index in [1.165, 1.54) is 0 Å². The Morgan fingerprint density at radius 3 is 2.65 bits per heavy atom. The number of hydrogen-bond donors (Lipinski definition) is 1. The first-order chi connectivity index (χ1) is 12.7. The van der Waals surface area contributed by atoms with Crippen molar-refractivity contribution in [2.45, 2.75) is 25.9 Å². The highest BCUT2D eigenvalue weighted by Gasteiger charge is 2.25. The molecule has 0 saturated carbocycles. The number of piperazine rings is 1.